The Bertz CT molecular complexity index is 346. The van der Waals surface area contributed by atoms with Gasteiger partial charge in [0.2, 0.25) is 0 Å². The van der Waals surface area contributed by atoms with E-state index in [-0.39, 0.29) is 5.91 Å². The highest BCUT2D eigenvalue weighted by Gasteiger charge is 2.10. The molecule has 0 unspecified atom stereocenters. The molecule has 0 saturated heterocycles. The fourth-order valence-corrected chi connectivity index (χ4v) is 1.08. The molecular formula is C11H13NO2. The number of nitrogens with one attached hydrogen (secondary N) is 1. The Kier molecular flexibility index (Phi) is 3.81. The first-order valence-corrected chi connectivity index (χ1v) is 4.51. The molecule has 3 nitrogen and oxygen atoms in total. The highest BCUT2D eigenvalue weighted by Crippen LogP contribution is 2.07. The number of hydrogen-bond acceptors (Lipinski definition) is 2. The maximum atomic E-state index is 11.4. The second-order valence-electron chi connectivity index (χ2n) is 3.00. The molecule has 0 aliphatic heterocycles. The third-order valence-electron chi connectivity index (χ3n) is 1.85. The van der Waals surface area contributed by atoms with Gasteiger partial charge in [-0.2, -0.15) is 0 Å². The largest absolute Gasteiger partial charge is 0.459 e. The van der Waals surface area contributed by atoms with Crippen LogP contribution < -0.4 is 5.32 Å². The maximum Gasteiger partial charge on any atom is 0.287 e. The van der Waals surface area contributed by atoms with E-state index < -0.39 is 0 Å². The number of hydrogen-bond donors (Lipinski definition) is 1. The zero-order valence-electron chi connectivity index (χ0n) is 8.17. The normalized spacial score (nSPS) is 9.43. The molecule has 1 heterocycles. The van der Waals surface area contributed by atoms with Gasteiger partial charge in [0.15, 0.2) is 5.76 Å². The quantitative estimate of drug-likeness (QED) is 0.581. The predicted molar refractivity (Wildman–Crippen MR) is 53.8 cm³/mol. The lowest BCUT2D eigenvalue weighted by molar-refractivity contribution is 0.0925. The van der Waals surface area contributed by atoms with E-state index in [0.717, 1.165) is 12.0 Å². The number of carbonyl (C=O) groups excluding carboxylic acids is 1. The summed E-state index contributed by atoms with van der Waals surface area (Å²) in [5.74, 6) is 2.72. The van der Waals surface area contributed by atoms with Gasteiger partial charge in [0, 0.05) is 18.5 Å². The lowest BCUT2D eigenvalue weighted by atomic mass is 10.2. The summed E-state index contributed by atoms with van der Waals surface area (Å²) in [6, 6.07) is 1.76. The first kappa shape index (κ1) is 10.4. The second kappa shape index (κ2) is 5.13. The van der Waals surface area contributed by atoms with Crippen LogP contribution in [0.4, 0.5) is 0 Å². The highest BCUT2D eigenvalue weighted by atomic mass is 16.3. The van der Waals surface area contributed by atoms with Gasteiger partial charge in [-0.3, -0.25) is 4.79 Å². The van der Waals surface area contributed by atoms with Crippen molar-refractivity contribution in [1.82, 2.24) is 5.32 Å². The van der Waals surface area contributed by atoms with Crippen molar-refractivity contribution >= 4 is 5.91 Å². The van der Waals surface area contributed by atoms with Crippen molar-refractivity contribution in [2.45, 2.75) is 19.8 Å². The molecule has 1 aromatic heterocycles. The van der Waals surface area contributed by atoms with Crippen LogP contribution in [0.2, 0.25) is 0 Å². The van der Waals surface area contributed by atoms with Crippen LogP contribution in [0.3, 0.4) is 0 Å². The molecule has 1 amide bonds. The summed E-state index contributed by atoms with van der Waals surface area (Å²) in [5, 5.41) is 2.73. The molecule has 1 N–H and O–H groups in total. The molecule has 0 saturated carbocycles. The molecule has 0 fully saturated rings. The van der Waals surface area contributed by atoms with Crippen LogP contribution in [0.5, 0.6) is 0 Å². The minimum Gasteiger partial charge on any atom is -0.459 e. The van der Waals surface area contributed by atoms with Gasteiger partial charge in [0.1, 0.15) is 0 Å². The van der Waals surface area contributed by atoms with Crippen LogP contribution in [-0.2, 0) is 0 Å². The molecule has 1 rings (SSSR count). The van der Waals surface area contributed by atoms with Gasteiger partial charge in [0.25, 0.3) is 5.91 Å². The van der Waals surface area contributed by atoms with Gasteiger partial charge in [-0.15, -0.1) is 12.3 Å². The van der Waals surface area contributed by atoms with Crippen LogP contribution in [-0.4, -0.2) is 12.5 Å². The summed E-state index contributed by atoms with van der Waals surface area (Å²) < 4.78 is 5.03. The maximum absolute atomic E-state index is 11.4. The van der Waals surface area contributed by atoms with E-state index in [1.165, 1.54) is 6.26 Å². The van der Waals surface area contributed by atoms with Gasteiger partial charge >= 0.3 is 0 Å². The van der Waals surface area contributed by atoms with Crippen LogP contribution in [0.25, 0.3) is 0 Å². The Labute approximate surface area is 83.5 Å². The molecule has 14 heavy (non-hydrogen) atoms. The standard InChI is InChI=1S/C11H13NO2/c1-3-4-5-7-12-11(13)10-9(2)6-8-14-10/h1,6,8H,4-5,7H2,2H3,(H,12,13). The smallest absolute Gasteiger partial charge is 0.287 e. The van der Waals surface area contributed by atoms with Gasteiger partial charge < -0.3 is 9.73 Å². The summed E-state index contributed by atoms with van der Waals surface area (Å²) in [6.07, 6.45) is 8.06. The van der Waals surface area contributed by atoms with Crippen LogP contribution in [0, 0.1) is 19.3 Å². The van der Waals surface area contributed by atoms with Gasteiger partial charge in [-0.25, -0.2) is 0 Å². The van der Waals surface area contributed by atoms with E-state index in [1.54, 1.807) is 6.07 Å². The van der Waals surface area contributed by atoms with Crippen molar-refractivity contribution in [2.75, 3.05) is 6.54 Å². The molecule has 0 radical (unpaired) electrons. The van der Waals surface area contributed by atoms with E-state index in [2.05, 4.69) is 11.2 Å². The van der Waals surface area contributed by atoms with Crippen LogP contribution in [0.15, 0.2) is 16.7 Å². The molecular weight excluding hydrogens is 178 g/mol. The summed E-state index contributed by atoms with van der Waals surface area (Å²) >= 11 is 0. The van der Waals surface area contributed by atoms with E-state index in [0.29, 0.717) is 18.7 Å². The first-order valence-electron chi connectivity index (χ1n) is 4.51. The first-order chi connectivity index (χ1) is 6.75. The topological polar surface area (TPSA) is 42.2 Å². The highest BCUT2D eigenvalue weighted by molar-refractivity contribution is 5.92. The van der Waals surface area contributed by atoms with Crippen LogP contribution >= 0.6 is 0 Å². The Morgan fingerprint density at radius 2 is 2.50 bits per heavy atom. The minimum atomic E-state index is -0.176. The lowest BCUT2D eigenvalue weighted by Gasteiger charge is -2.01. The third-order valence-corrected chi connectivity index (χ3v) is 1.85. The lowest BCUT2D eigenvalue weighted by Crippen LogP contribution is -2.24. The van der Waals surface area contributed by atoms with Crippen molar-refractivity contribution in [3.8, 4) is 12.3 Å². The zero-order valence-corrected chi connectivity index (χ0v) is 8.17. The molecule has 0 aliphatic rings. The van der Waals surface area contributed by atoms with E-state index in [4.69, 9.17) is 10.8 Å². The fraction of sp³-hybridized carbons (Fsp3) is 0.364. The molecule has 0 spiro atoms. The average molecular weight is 191 g/mol. The predicted octanol–water partition coefficient (Wildman–Crippen LogP) is 1.73. The molecule has 0 bridgehead atoms. The zero-order chi connectivity index (χ0) is 10.4. The molecule has 3 heteroatoms. The Morgan fingerprint density at radius 1 is 1.71 bits per heavy atom. The van der Waals surface area contributed by atoms with Gasteiger partial charge in [0.05, 0.1) is 6.26 Å². The van der Waals surface area contributed by atoms with Crippen molar-refractivity contribution in [1.29, 1.82) is 0 Å². The Hall–Kier alpha value is -1.69. The van der Waals surface area contributed by atoms with Crippen molar-refractivity contribution in [2.24, 2.45) is 0 Å². The molecule has 1 aromatic rings. The number of terminal acetylenes is 1. The Balaban J connectivity index is 2.37. The van der Waals surface area contributed by atoms with Gasteiger partial charge in [-0.1, -0.05) is 0 Å². The fourth-order valence-electron chi connectivity index (χ4n) is 1.08. The second-order valence-corrected chi connectivity index (χ2v) is 3.00. The number of furan rings is 1. The number of carbonyl (C=O) groups is 1. The molecule has 0 aromatic carbocycles. The molecule has 0 atom stereocenters. The minimum absolute atomic E-state index is 0.176. The average Bonchev–Trinajstić information content (AvgIpc) is 2.59. The van der Waals surface area contributed by atoms with E-state index in [1.807, 2.05) is 6.92 Å². The van der Waals surface area contributed by atoms with E-state index >= 15 is 0 Å². The number of unbranched alkanes of at least 4 members (excludes halogenated alkanes) is 1. The number of rotatable bonds is 4. The number of aryl methyl sites for hydroxylation is 1. The van der Waals surface area contributed by atoms with Crippen LogP contribution in [0.1, 0.15) is 29.0 Å². The SMILES string of the molecule is C#CCCCNC(=O)c1occc1C. The van der Waals surface area contributed by atoms with Crippen molar-refractivity contribution in [3.05, 3.63) is 23.7 Å². The van der Waals surface area contributed by atoms with Crippen molar-refractivity contribution < 1.29 is 9.21 Å². The summed E-state index contributed by atoms with van der Waals surface area (Å²) in [7, 11) is 0. The summed E-state index contributed by atoms with van der Waals surface area (Å²) in [4.78, 5) is 11.4. The third kappa shape index (κ3) is 2.67. The summed E-state index contributed by atoms with van der Waals surface area (Å²) in [6.45, 7) is 2.42. The van der Waals surface area contributed by atoms with Crippen molar-refractivity contribution in [3.63, 3.8) is 0 Å². The monoisotopic (exact) mass is 191 g/mol. The van der Waals surface area contributed by atoms with Gasteiger partial charge in [-0.05, 0) is 19.4 Å². The Morgan fingerprint density at radius 3 is 3.07 bits per heavy atom. The summed E-state index contributed by atoms with van der Waals surface area (Å²) in [5.41, 5.74) is 0.847. The molecule has 74 valence electrons. The number of amides is 1. The molecule has 0 aliphatic carbocycles. The van der Waals surface area contributed by atoms with E-state index in [9.17, 15) is 4.79 Å².